The van der Waals surface area contributed by atoms with Crippen LogP contribution in [0, 0.1) is 0 Å². The number of anilines is 1. The van der Waals surface area contributed by atoms with Crippen LogP contribution in [-0.4, -0.2) is 87.8 Å². The van der Waals surface area contributed by atoms with E-state index >= 15 is 0 Å². The quantitative estimate of drug-likeness (QED) is 0.608. The molecule has 0 bridgehead atoms. The zero-order chi connectivity index (χ0) is 27.2. The lowest BCUT2D eigenvalue weighted by Gasteiger charge is -2.43. The molecule has 0 spiro atoms. The van der Waals surface area contributed by atoms with E-state index in [4.69, 9.17) is 4.74 Å². The van der Waals surface area contributed by atoms with Crippen LogP contribution in [-0.2, 0) is 21.4 Å². The molecule has 3 amide bonds. The van der Waals surface area contributed by atoms with Crippen LogP contribution in [0.25, 0.3) is 11.0 Å². The number of imide groups is 1. The monoisotopic (exact) mass is 526 g/mol. The van der Waals surface area contributed by atoms with Gasteiger partial charge >= 0.3 is 11.8 Å². The molecular weight excluding hydrogens is 488 g/mol. The van der Waals surface area contributed by atoms with Crippen molar-refractivity contribution < 1.29 is 19.1 Å². The molecule has 3 aliphatic rings. The number of imidazole rings is 1. The number of amides is 3. The SMILES string of the molecule is Cn1c(=O)n(C2CCC(=O)NC2=O)c2ccc(N3CCN(C4CCN(C(=O)OC(C)(C)C)CC4)CC3)cc21. The molecule has 0 saturated carbocycles. The fourth-order valence-electron chi connectivity index (χ4n) is 5.86. The minimum atomic E-state index is -0.681. The molecule has 1 N–H and O–H groups in total. The topological polar surface area (TPSA) is 109 Å². The van der Waals surface area contributed by atoms with Gasteiger partial charge in [-0.25, -0.2) is 9.59 Å². The van der Waals surface area contributed by atoms with E-state index in [1.54, 1.807) is 11.6 Å². The van der Waals surface area contributed by atoms with Gasteiger partial charge in [-0.15, -0.1) is 0 Å². The molecule has 3 fully saturated rings. The molecule has 1 atom stereocenters. The third-order valence-corrected chi connectivity index (χ3v) is 7.91. The molecule has 1 aromatic carbocycles. The highest BCUT2D eigenvalue weighted by Gasteiger charge is 2.33. The molecule has 1 unspecified atom stereocenters. The average Bonchev–Trinajstić information content (AvgIpc) is 3.12. The fourth-order valence-corrected chi connectivity index (χ4v) is 5.86. The summed E-state index contributed by atoms with van der Waals surface area (Å²) in [6.07, 6.45) is 2.21. The van der Waals surface area contributed by atoms with Gasteiger partial charge in [0, 0.05) is 64.5 Å². The number of nitrogens with zero attached hydrogens (tertiary/aromatic N) is 5. The Bertz CT molecular complexity index is 1290. The van der Waals surface area contributed by atoms with Gasteiger partial charge in [-0.05, 0) is 58.2 Å². The summed E-state index contributed by atoms with van der Waals surface area (Å²) in [6, 6.07) is 5.73. The molecule has 38 heavy (non-hydrogen) atoms. The number of carbonyl (C=O) groups is 3. The van der Waals surface area contributed by atoms with E-state index in [1.165, 1.54) is 4.57 Å². The highest BCUT2D eigenvalue weighted by molar-refractivity contribution is 6.00. The number of aryl methyl sites for hydroxylation is 1. The lowest BCUT2D eigenvalue weighted by Crippen LogP contribution is -2.54. The van der Waals surface area contributed by atoms with Crippen LogP contribution >= 0.6 is 0 Å². The van der Waals surface area contributed by atoms with Crippen LogP contribution in [0.15, 0.2) is 23.0 Å². The van der Waals surface area contributed by atoms with Crippen LogP contribution < -0.4 is 15.9 Å². The number of piperazine rings is 1. The Morgan fingerprint density at radius 1 is 0.947 bits per heavy atom. The molecule has 2 aromatic rings. The number of rotatable bonds is 3. The molecule has 4 heterocycles. The predicted molar refractivity (Wildman–Crippen MR) is 143 cm³/mol. The summed E-state index contributed by atoms with van der Waals surface area (Å²) in [5.74, 6) is -0.720. The molecule has 1 aromatic heterocycles. The number of hydrogen-bond acceptors (Lipinski definition) is 7. The van der Waals surface area contributed by atoms with E-state index in [0.29, 0.717) is 31.1 Å². The summed E-state index contributed by atoms with van der Waals surface area (Å²) < 4.78 is 8.62. The number of ether oxygens (including phenoxy) is 1. The van der Waals surface area contributed by atoms with Gasteiger partial charge in [0.2, 0.25) is 11.8 Å². The largest absolute Gasteiger partial charge is 0.444 e. The number of piperidine rings is 2. The zero-order valence-corrected chi connectivity index (χ0v) is 22.7. The molecule has 3 aliphatic heterocycles. The number of carbonyl (C=O) groups excluding carboxylic acids is 3. The first-order chi connectivity index (χ1) is 18.0. The summed E-state index contributed by atoms with van der Waals surface area (Å²) in [4.78, 5) is 56.2. The van der Waals surface area contributed by atoms with Gasteiger partial charge in [-0.2, -0.15) is 0 Å². The summed E-state index contributed by atoms with van der Waals surface area (Å²) in [5, 5.41) is 2.35. The van der Waals surface area contributed by atoms with Gasteiger partial charge in [0.15, 0.2) is 0 Å². The third kappa shape index (κ3) is 5.16. The number of hydrogen-bond donors (Lipinski definition) is 1. The molecule has 206 valence electrons. The molecule has 11 heteroatoms. The van der Waals surface area contributed by atoms with Gasteiger partial charge in [0.1, 0.15) is 11.6 Å². The van der Waals surface area contributed by atoms with Crippen molar-refractivity contribution in [2.75, 3.05) is 44.2 Å². The number of aromatic nitrogens is 2. The Hall–Kier alpha value is -3.34. The average molecular weight is 527 g/mol. The zero-order valence-electron chi connectivity index (χ0n) is 22.7. The highest BCUT2D eigenvalue weighted by Crippen LogP contribution is 2.28. The summed E-state index contributed by atoms with van der Waals surface area (Å²) in [6.45, 7) is 10.7. The first-order valence-electron chi connectivity index (χ1n) is 13.5. The van der Waals surface area contributed by atoms with Gasteiger partial charge in [-0.1, -0.05) is 0 Å². The maximum absolute atomic E-state index is 13.1. The third-order valence-electron chi connectivity index (χ3n) is 7.91. The van der Waals surface area contributed by atoms with Crippen LogP contribution in [0.5, 0.6) is 0 Å². The molecule has 0 aliphatic carbocycles. The Morgan fingerprint density at radius 3 is 2.26 bits per heavy atom. The standard InChI is InChI=1S/C27H38N6O5/c1-27(2,3)38-26(37)32-11-9-18(10-12-32)30-13-15-31(16-14-30)19-5-6-20-22(17-19)29(4)25(36)33(20)21-7-8-23(34)28-24(21)35/h5-6,17-18,21H,7-16H2,1-4H3,(H,28,34,35). The lowest BCUT2D eigenvalue weighted by atomic mass is 10.0. The van der Waals surface area contributed by atoms with Gasteiger partial charge in [0.25, 0.3) is 0 Å². The summed E-state index contributed by atoms with van der Waals surface area (Å²) in [5.41, 5.74) is 1.79. The van der Waals surface area contributed by atoms with Crippen molar-refractivity contribution in [2.45, 2.75) is 64.1 Å². The van der Waals surface area contributed by atoms with Crippen LogP contribution in [0.4, 0.5) is 10.5 Å². The minimum absolute atomic E-state index is 0.224. The van der Waals surface area contributed by atoms with E-state index in [2.05, 4.69) is 15.1 Å². The van der Waals surface area contributed by atoms with Crippen LogP contribution in [0.3, 0.4) is 0 Å². The van der Waals surface area contributed by atoms with Gasteiger partial charge < -0.3 is 14.5 Å². The van der Waals surface area contributed by atoms with E-state index in [0.717, 1.165) is 50.2 Å². The van der Waals surface area contributed by atoms with E-state index in [9.17, 15) is 19.2 Å². The van der Waals surface area contributed by atoms with Crippen molar-refractivity contribution in [1.82, 2.24) is 24.3 Å². The second-order valence-electron chi connectivity index (χ2n) is 11.6. The van der Waals surface area contributed by atoms with E-state index < -0.39 is 17.6 Å². The molecular formula is C27H38N6O5. The van der Waals surface area contributed by atoms with Crippen molar-refractivity contribution >= 4 is 34.6 Å². The smallest absolute Gasteiger partial charge is 0.410 e. The first-order valence-corrected chi connectivity index (χ1v) is 13.5. The second-order valence-corrected chi connectivity index (χ2v) is 11.6. The lowest BCUT2D eigenvalue weighted by molar-refractivity contribution is -0.135. The Morgan fingerprint density at radius 2 is 1.63 bits per heavy atom. The van der Waals surface area contributed by atoms with E-state index in [-0.39, 0.29) is 24.1 Å². The second kappa shape index (κ2) is 10.1. The van der Waals surface area contributed by atoms with Gasteiger partial charge in [-0.3, -0.25) is 28.9 Å². The van der Waals surface area contributed by atoms with Crippen LogP contribution in [0.1, 0.15) is 52.5 Å². The van der Waals surface area contributed by atoms with Crippen molar-refractivity contribution in [3.05, 3.63) is 28.7 Å². The summed E-state index contributed by atoms with van der Waals surface area (Å²) >= 11 is 0. The number of benzene rings is 1. The number of likely N-dealkylation sites (tertiary alicyclic amines) is 1. The fraction of sp³-hybridized carbons (Fsp3) is 0.630. The van der Waals surface area contributed by atoms with Crippen molar-refractivity contribution in [3.8, 4) is 0 Å². The molecule has 5 rings (SSSR count). The molecule has 0 radical (unpaired) electrons. The Labute approximate surface area is 222 Å². The van der Waals surface area contributed by atoms with Crippen molar-refractivity contribution in [2.24, 2.45) is 7.05 Å². The normalized spacial score (nSPS) is 22.2. The van der Waals surface area contributed by atoms with E-state index in [1.807, 2.05) is 43.9 Å². The predicted octanol–water partition coefficient (Wildman–Crippen LogP) is 1.84. The first kappa shape index (κ1) is 26.3. The van der Waals surface area contributed by atoms with Crippen molar-refractivity contribution in [3.63, 3.8) is 0 Å². The Kier molecular flexibility index (Phi) is 6.97. The van der Waals surface area contributed by atoms with Crippen LogP contribution in [0.2, 0.25) is 0 Å². The molecule has 3 saturated heterocycles. The van der Waals surface area contributed by atoms with Gasteiger partial charge in [0.05, 0.1) is 11.0 Å². The maximum Gasteiger partial charge on any atom is 0.410 e. The Balaban J connectivity index is 1.22. The minimum Gasteiger partial charge on any atom is -0.444 e. The maximum atomic E-state index is 13.1. The number of nitrogens with one attached hydrogen (secondary N) is 1. The highest BCUT2D eigenvalue weighted by atomic mass is 16.6. The summed E-state index contributed by atoms with van der Waals surface area (Å²) in [7, 11) is 1.72. The number of fused-ring (bicyclic) bond motifs is 1. The van der Waals surface area contributed by atoms with Crippen molar-refractivity contribution in [1.29, 1.82) is 0 Å². The molecule has 11 nitrogen and oxygen atoms in total.